The highest BCUT2D eigenvalue weighted by Gasteiger charge is 2.32. The lowest BCUT2D eigenvalue weighted by atomic mass is 10.1. The second kappa shape index (κ2) is 9.95. The fourth-order valence-electron chi connectivity index (χ4n) is 3.57. The summed E-state index contributed by atoms with van der Waals surface area (Å²) in [4.78, 5) is 48.3. The summed E-state index contributed by atoms with van der Waals surface area (Å²) < 4.78 is 10.5. The van der Waals surface area contributed by atoms with E-state index in [9.17, 15) is 19.2 Å². The molecule has 2 amide bonds. The highest BCUT2D eigenvalue weighted by Crippen LogP contribution is 2.32. The van der Waals surface area contributed by atoms with Crippen LogP contribution < -0.4 is 10.5 Å². The van der Waals surface area contributed by atoms with Crippen LogP contribution in [0.25, 0.3) is 0 Å². The summed E-state index contributed by atoms with van der Waals surface area (Å²) in [6.45, 7) is 0.708. The Morgan fingerprint density at radius 2 is 1.81 bits per heavy atom. The molecule has 1 aliphatic rings. The molecular formula is C23H24N2O7. The Kier molecular flexibility index (Phi) is 7.09. The van der Waals surface area contributed by atoms with E-state index in [1.807, 2.05) is 0 Å². The number of primary amides is 1. The molecule has 0 saturated heterocycles. The molecule has 9 heteroatoms. The van der Waals surface area contributed by atoms with Crippen molar-refractivity contribution in [3.8, 4) is 5.75 Å². The molecule has 3 rings (SSSR count). The Labute approximate surface area is 184 Å². The number of carboxylic acids is 1. The molecule has 0 aromatic heterocycles. The van der Waals surface area contributed by atoms with Crippen LogP contribution in [0.3, 0.4) is 0 Å². The molecule has 2 aromatic rings. The monoisotopic (exact) mass is 440 g/mol. The maximum Gasteiger partial charge on any atom is 0.318 e. The zero-order chi connectivity index (χ0) is 23.3. The molecule has 1 unspecified atom stereocenters. The van der Waals surface area contributed by atoms with Crippen LogP contribution in [0, 0.1) is 5.92 Å². The largest absolute Gasteiger partial charge is 0.489 e. The number of amides is 2. The van der Waals surface area contributed by atoms with Gasteiger partial charge in [-0.15, -0.1) is 0 Å². The maximum absolute atomic E-state index is 12.8. The van der Waals surface area contributed by atoms with E-state index >= 15 is 0 Å². The van der Waals surface area contributed by atoms with Crippen molar-refractivity contribution in [1.82, 2.24) is 4.90 Å². The third-order valence-corrected chi connectivity index (χ3v) is 5.29. The van der Waals surface area contributed by atoms with Crippen molar-refractivity contribution in [1.29, 1.82) is 0 Å². The number of nitrogens with two attached hydrogens (primary N) is 1. The summed E-state index contributed by atoms with van der Waals surface area (Å²) in [5.41, 5.74) is 8.07. The Morgan fingerprint density at radius 3 is 2.44 bits per heavy atom. The average Bonchev–Trinajstić information content (AvgIpc) is 3.09. The SMILES string of the molecule is COC(=O)C(CCN1Cc2c(OCc3ccc(CC(=O)O)cc3)cccc2C1=O)C(N)=O. The average molecular weight is 440 g/mol. The fourth-order valence-corrected chi connectivity index (χ4v) is 3.57. The van der Waals surface area contributed by atoms with Crippen LogP contribution in [0.1, 0.15) is 33.5 Å². The first-order chi connectivity index (χ1) is 15.3. The Morgan fingerprint density at radius 1 is 1.12 bits per heavy atom. The highest BCUT2D eigenvalue weighted by atomic mass is 16.5. The zero-order valence-electron chi connectivity index (χ0n) is 17.6. The number of carbonyl (C=O) groups is 4. The van der Waals surface area contributed by atoms with Gasteiger partial charge in [-0.25, -0.2) is 0 Å². The number of esters is 1. The van der Waals surface area contributed by atoms with Crippen LogP contribution >= 0.6 is 0 Å². The predicted octanol–water partition coefficient (Wildman–Crippen LogP) is 1.51. The second-order valence-electron chi connectivity index (χ2n) is 7.45. The molecule has 0 saturated carbocycles. The van der Waals surface area contributed by atoms with Gasteiger partial charge < -0.3 is 25.2 Å². The third-order valence-electron chi connectivity index (χ3n) is 5.29. The van der Waals surface area contributed by atoms with Crippen molar-refractivity contribution in [3.05, 3.63) is 64.7 Å². The number of hydrogen-bond donors (Lipinski definition) is 2. The van der Waals surface area contributed by atoms with Crippen LogP contribution in [0.15, 0.2) is 42.5 Å². The van der Waals surface area contributed by atoms with Crippen molar-refractivity contribution in [3.63, 3.8) is 0 Å². The third kappa shape index (κ3) is 5.23. The predicted molar refractivity (Wildman–Crippen MR) is 113 cm³/mol. The lowest BCUT2D eigenvalue weighted by Gasteiger charge is -2.18. The molecule has 2 aromatic carbocycles. The van der Waals surface area contributed by atoms with E-state index in [-0.39, 0.29) is 38.4 Å². The minimum absolute atomic E-state index is 0.0438. The number of hydrogen-bond acceptors (Lipinski definition) is 6. The van der Waals surface area contributed by atoms with Gasteiger partial charge in [0.25, 0.3) is 5.91 Å². The number of rotatable bonds is 10. The van der Waals surface area contributed by atoms with Crippen LogP contribution in [-0.2, 0) is 38.7 Å². The standard InChI is InChI=1S/C23H24N2O7/c1-31-23(30)17(21(24)28)9-10-25-12-18-16(22(25)29)3-2-4-19(18)32-13-15-7-5-14(6-8-15)11-20(26)27/h2-8,17H,9-13H2,1H3,(H2,24,28)(H,26,27). The van der Waals surface area contributed by atoms with Gasteiger partial charge in [0.05, 0.1) is 20.1 Å². The number of methoxy groups -OCH3 is 1. The minimum Gasteiger partial charge on any atom is -0.489 e. The number of aliphatic carboxylic acids is 1. The topological polar surface area (TPSA) is 136 Å². The molecule has 1 aliphatic heterocycles. The number of ether oxygens (including phenoxy) is 2. The Bertz CT molecular complexity index is 1030. The molecule has 3 N–H and O–H groups in total. The van der Waals surface area contributed by atoms with Crippen molar-refractivity contribution < 1.29 is 33.8 Å². The van der Waals surface area contributed by atoms with Crippen LogP contribution in [0.2, 0.25) is 0 Å². The van der Waals surface area contributed by atoms with Crippen LogP contribution in [0.5, 0.6) is 5.75 Å². The van der Waals surface area contributed by atoms with E-state index in [1.165, 1.54) is 12.0 Å². The van der Waals surface area contributed by atoms with Gasteiger partial charge in [0, 0.05) is 17.7 Å². The molecule has 0 radical (unpaired) electrons. The normalized spacial score (nSPS) is 13.4. The Balaban J connectivity index is 1.65. The summed E-state index contributed by atoms with van der Waals surface area (Å²) in [5, 5.41) is 8.85. The van der Waals surface area contributed by atoms with Crippen molar-refractivity contribution in [2.45, 2.75) is 26.0 Å². The van der Waals surface area contributed by atoms with Gasteiger partial charge in [0.2, 0.25) is 5.91 Å². The quantitative estimate of drug-likeness (QED) is 0.422. The smallest absolute Gasteiger partial charge is 0.318 e. The van der Waals surface area contributed by atoms with Crippen molar-refractivity contribution in [2.24, 2.45) is 11.7 Å². The Hall–Kier alpha value is -3.88. The van der Waals surface area contributed by atoms with Gasteiger partial charge in [0.1, 0.15) is 18.3 Å². The summed E-state index contributed by atoms with van der Waals surface area (Å²) >= 11 is 0. The lowest BCUT2D eigenvalue weighted by molar-refractivity contribution is -0.149. The zero-order valence-corrected chi connectivity index (χ0v) is 17.6. The van der Waals surface area contributed by atoms with E-state index in [1.54, 1.807) is 42.5 Å². The van der Waals surface area contributed by atoms with Gasteiger partial charge in [-0.2, -0.15) is 0 Å². The van der Waals surface area contributed by atoms with Crippen LogP contribution in [-0.4, -0.2) is 47.4 Å². The summed E-state index contributed by atoms with van der Waals surface area (Å²) in [6, 6.07) is 12.3. The summed E-state index contributed by atoms with van der Waals surface area (Å²) in [7, 11) is 1.18. The number of benzene rings is 2. The minimum atomic E-state index is -1.11. The molecule has 9 nitrogen and oxygen atoms in total. The summed E-state index contributed by atoms with van der Waals surface area (Å²) in [6.07, 6.45) is 0.0263. The van der Waals surface area contributed by atoms with E-state index in [0.717, 1.165) is 11.1 Å². The molecular weight excluding hydrogens is 416 g/mol. The van der Waals surface area contributed by atoms with Crippen molar-refractivity contribution in [2.75, 3.05) is 13.7 Å². The van der Waals surface area contributed by atoms with Gasteiger partial charge in [-0.1, -0.05) is 30.3 Å². The summed E-state index contributed by atoms with van der Waals surface area (Å²) in [5.74, 6) is -3.17. The second-order valence-corrected chi connectivity index (χ2v) is 7.45. The van der Waals surface area contributed by atoms with Gasteiger partial charge in [-0.05, 0) is 29.7 Å². The number of carbonyl (C=O) groups excluding carboxylic acids is 3. The number of carboxylic acid groups (broad SMARTS) is 1. The molecule has 168 valence electrons. The number of fused-ring (bicyclic) bond motifs is 1. The van der Waals surface area contributed by atoms with E-state index in [2.05, 4.69) is 4.74 Å². The van der Waals surface area contributed by atoms with Gasteiger partial charge >= 0.3 is 11.9 Å². The van der Waals surface area contributed by atoms with E-state index in [0.29, 0.717) is 16.9 Å². The molecule has 0 spiro atoms. The van der Waals surface area contributed by atoms with Crippen molar-refractivity contribution >= 4 is 23.8 Å². The first kappa shape index (κ1) is 22.8. The van der Waals surface area contributed by atoms with Gasteiger partial charge in [-0.3, -0.25) is 19.2 Å². The first-order valence-corrected chi connectivity index (χ1v) is 10.0. The molecule has 0 fully saturated rings. The first-order valence-electron chi connectivity index (χ1n) is 10.0. The fraction of sp³-hybridized carbons (Fsp3) is 0.304. The van der Waals surface area contributed by atoms with E-state index < -0.39 is 23.8 Å². The van der Waals surface area contributed by atoms with E-state index in [4.69, 9.17) is 15.6 Å². The lowest BCUT2D eigenvalue weighted by Crippen LogP contribution is -2.35. The molecule has 1 atom stereocenters. The van der Waals surface area contributed by atoms with Gasteiger partial charge in [0.15, 0.2) is 0 Å². The molecule has 32 heavy (non-hydrogen) atoms. The highest BCUT2D eigenvalue weighted by molar-refractivity contribution is 5.99. The number of nitrogens with zero attached hydrogens (tertiary/aromatic N) is 1. The molecule has 0 aliphatic carbocycles. The molecule has 1 heterocycles. The maximum atomic E-state index is 12.8. The molecule has 0 bridgehead atoms. The van der Waals surface area contributed by atoms with Crippen LogP contribution in [0.4, 0.5) is 0 Å².